The summed E-state index contributed by atoms with van der Waals surface area (Å²) < 4.78 is 5.16. The standard InChI is InChI=1S/C27H40N4O8/c1-15(2)23(31-25(37)21(29-17(4)33)12-18-8-10-20(34)11-9-18)26(38)28-16(3)24(36)30-19(14-32)13-22(35)39-27(5,6)7/h8-11,14-16,19,21,23,34H,12-13H2,1-7H3,(H,28,38)(H,29,33)(H,30,36)(H,31,37)/t16-,19-,21-,23-/m0/s1. The summed E-state index contributed by atoms with van der Waals surface area (Å²) >= 11 is 0. The van der Waals surface area contributed by atoms with Gasteiger partial charge in [0.15, 0.2) is 0 Å². The molecule has 5 N–H and O–H groups in total. The van der Waals surface area contributed by atoms with Crippen LogP contribution in [0.15, 0.2) is 24.3 Å². The zero-order chi connectivity index (χ0) is 29.9. The SMILES string of the molecule is CC(=O)N[C@@H](Cc1ccc(O)cc1)C(=O)N[C@H](C(=O)N[C@@H](C)C(=O)N[C@H](C=O)CC(=O)OC(C)(C)C)C(C)C. The summed E-state index contributed by atoms with van der Waals surface area (Å²) in [5.74, 6) is -3.41. The summed E-state index contributed by atoms with van der Waals surface area (Å²) in [4.78, 5) is 73.8. The van der Waals surface area contributed by atoms with Crippen molar-refractivity contribution in [2.45, 2.75) is 91.1 Å². The number of aromatic hydroxyl groups is 1. The number of phenolic OH excluding ortho intramolecular Hbond substituents is 1. The van der Waals surface area contributed by atoms with Crippen molar-refractivity contribution in [3.63, 3.8) is 0 Å². The predicted molar refractivity (Wildman–Crippen MR) is 142 cm³/mol. The highest BCUT2D eigenvalue weighted by atomic mass is 16.6. The molecule has 0 aliphatic heterocycles. The Morgan fingerprint density at radius 2 is 1.49 bits per heavy atom. The molecule has 1 aromatic rings. The molecule has 0 bridgehead atoms. The van der Waals surface area contributed by atoms with Crippen LogP contribution in [-0.2, 0) is 39.9 Å². The number of phenols is 1. The van der Waals surface area contributed by atoms with E-state index in [0.717, 1.165) is 0 Å². The van der Waals surface area contributed by atoms with Crippen LogP contribution in [-0.4, -0.2) is 70.8 Å². The van der Waals surface area contributed by atoms with Crippen molar-refractivity contribution in [3.05, 3.63) is 29.8 Å². The van der Waals surface area contributed by atoms with Crippen molar-refractivity contribution in [2.75, 3.05) is 0 Å². The van der Waals surface area contributed by atoms with Gasteiger partial charge in [0.25, 0.3) is 0 Å². The number of nitrogens with one attached hydrogen (secondary N) is 4. The molecule has 4 atom stereocenters. The zero-order valence-electron chi connectivity index (χ0n) is 23.5. The number of rotatable bonds is 13. The number of benzene rings is 1. The van der Waals surface area contributed by atoms with Gasteiger partial charge in [0.2, 0.25) is 23.6 Å². The molecule has 0 unspecified atom stereocenters. The largest absolute Gasteiger partial charge is 0.508 e. The fraction of sp³-hybridized carbons (Fsp3) is 0.556. The summed E-state index contributed by atoms with van der Waals surface area (Å²) in [7, 11) is 0. The summed E-state index contributed by atoms with van der Waals surface area (Å²) in [5.41, 5.74) is -0.0802. The van der Waals surface area contributed by atoms with Crippen LogP contribution in [0.5, 0.6) is 5.75 Å². The van der Waals surface area contributed by atoms with E-state index >= 15 is 0 Å². The number of hydrogen-bond donors (Lipinski definition) is 5. The van der Waals surface area contributed by atoms with E-state index in [9.17, 15) is 33.9 Å². The molecule has 39 heavy (non-hydrogen) atoms. The normalized spacial score (nSPS) is 14.3. The van der Waals surface area contributed by atoms with Crippen molar-refractivity contribution in [1.82, 2.24) is 21.3 Å². The molecule has 1 aromatic carbocycles. The van der Waals surface area contributed by atoms with Gasteiger partial charge in [-0.05, 0) is 51.3 Å². The highest BCUT2D eigenvalue weighted by molar-refractivity contribution is 5.94. The molecular formula is C27H40N4O8. The quantitative estimate of drug-likeness (QED) is 0.175. The lowest BCUT2D eigenvalue weighted by Gasteiger charge is -2.26. The second-order valence-electron chi connectivity index (χ2n) is 10.6. The van der Waals surface area contributed by atoms with E-state index < -0.39 is 59.4 Å². The number of amides is 4. The van der Waals surface area contributed by atoms with Crippen LogP contribution in [0.3, 0.4) is 0 Å². The van der Waals surface area contributed by atoms with E-state index in [-0.39, 0.29) is 24.5 Å². The monoisotopic (exact) mass is 548 g/mol. The molecule has 0 fully saturated rings. The molecule has 12 heteroatoms. The molecular weight excluding hydrogens is 508 g/mol. The van der Waals surface area contributed by atoms with Crippen LogP contribution in [0.25, 0.3) is 0 Å². The topological polar surface area (TPSA) is 180 Å². The van der Waals surface area contributed by atoms with E-state index in [0.29, 0.717) is 11.8 Å². The van der Waals surface area contributed by atoms with E-state index in [1.54, 1.807) is 46.8 Å². The van der Waals surface area contributed by atoms with Gasteiger partial charge in [0, 0.05) is 13.3 Å². The predicted octanol–water partition coefficient (Wildman–Crippen LogP) is 0.500. The van der Waals surface area contributed by atoms with Gasteiger partial charge in [-0.1, -0.05) is 26.0 Å². The lowest BCUT2D eigenvalue weighted by atomic mass is 10.0. The maximum atomic E-state index is 13.1. The third-order valence-electron chi connectivity index (χ3n) is 5.37. The van der Waals surface area contributed by atoms with Crippen molar-refractivity contribution >= 4 is 35.9 Å². The van der Waals surface area contributed by atoms with Crippen LogP contribution in [0, 0.1) is 5.92 Å². The van der Waals surface area contributed by atoms with Gasteiger partial charge in [0.05, 0.1) is 12.5 Å². The Balaban J connectivity index is 2.85. The van der Waals surface area contributed by atoms with Crippen molar-refractivity contribution < 1.29 is 38.6 Å². The first-order valence-corrected chi connectivity index (χ1v) is 12.7. The van der Waals surface area contributed by atoms with E-state index in [4.69, 9.17) is 4.74 Å². The second kappa shape index (κ2) is 14.8. The van der Waals surface area contributed by atoms with Gasteiger partial charge in [0.1, 0.15) is 35.8 Å². The Morgan fingerprint density at radius 3 is 1.97 bits per heavy atom. The third-order valence-corrected chi connectivity index (χ3v) is 5.37. The van der Waals surface area contributed by atoms with Crippen LogP contribution in [0.1, 0.15) is 60.5 Å². The zero-order valence-corrected chi connectivity index (χ0v) is 23.5. The highest BCUT2D eigenvalue weighted by Crippen LogP contribution is 2.12. The van der Waals surface area contributed by atoms with Gasteiger partial charge >= 0.3 is 5.97 Å². The van der Waals surface area contributed by atoms with Crippen LogP contribution >= 0.6 is 0 Å². The molecule has 0 spiro atoms. The number of carbonyl (C=O) groups is 6. The van der Waals surface area contributed by atoms with E-state index in [1.807, 2.05) is 0 Å². The molecule has 1 rings (SSSR count). The highest BCUT2D eigenvalue weighted by Gasteiger charge is 2.31. The summed E-state index contributed by atoms with van der Waals surface area (Å²) in [6.45, 7) is 11.1. The Labute approximate surface area is 228 Å². The third kappa shape index (κ3) is 12.4. The van der Waals surface area contributed by atoms with Gasteiger partial charge in [-0.15, -0.1) is 0 Å². The number of ether oxygens (including phenoxy) is 1. The number of hydrogen-bond acceptors (Lipinski definition) is 8. The average Bonchev–Trinajstić information content (AvgIpc) is 2.80. The van der Waals surface area contributed by atoms with Crippen LogP contribution in [0.4, 0.5) is 0 Å². The fourth-order valence-electron chi connectivity index (χ4n) is 3.48. The minimum Gasteiger partial charge on any atom is -0.508 e. The second-order valence-corrected chi connectivity index (χ2v) is 10.6. The number of carbonyl (C=O) groups excluding carboxylic acids is 6. The Bertz CT molecular complexity index is 1030. The molecule has 0 heterocycles. The lowest BCUT2D eigenvalue weighted by molar-refractivity contribution is -0.156. The first-order chi connectivity index (χ1) is 18.0. The van der Waals surface area contributed by atoms with Crippen molar-refractivity contribution in [2.24, 2.45) is 5.92 Å². The van der Waals surface area contributed by atoms with Crippen molar-refractivity contribution in [3.8, 4) is 5.75 Å². The first-order valence-electron chi connectivity index (χ1n) is 12.7. The van der Waals surface area contributed by atoms with Gasteiger partial charge in [-0.2, -0.15) is 0 Å². The average molecular weight is 549 g/mol. The lowest BCUT2D eigenvalue weighted by Crippen LogP contribution is -2.58. The molecule has 0 radical (unpaired) electrons. The van der Waals surface area contributed by atoms with Gasteiger partial charge in [-0.3, -0.25) is 24.0 Å². The van der Waals surface area contributed by atoms with E-state index in [1.165, 1.54) is 26.0 Å². The van der Waals surface area contributed by atoms with Gasteiger partial charge < -0.3 is 35.9 Å². The maximum absolute atomic E-state index is 13.1. The maximum Gasteiger partial charge on any atom is 0.308 e. The smallest absolute Gasteiger partial charge is 0.308 e. The van der Waals surface area contributed by atoms with E-state index in [2.05, 4.69) is 21.3 Å². The summed E-state index contributed by atoms with van der Waals surface area (Å²) in [6.07, 6.45) is 0.148. The Hall–Kier alpha value is -3.96. The molecule has 12 nitrogen and oxygen atoms in total. The number of aldehydes is 1. The number of esters is 1. The van der Waals surface area contributed by atoms with Crippen molar-refractivity contribution in [1.29, 1.82) is 0 Å². The Morgan fingerprint density at radius 1 is 0.897 bits per heavy atom. The minimum absolute atomic E-state index is 0.0540. The minimum atomic E-state index is -1.15. The van der Waals surface area contributed by atoms with Crippen LogP contribution in [0.2, 0.25) is 0 Å². The molecule has 0 aliphatic carbocycles. The molecule has 216 valence electrons. The summed E-state index contributed by atoms with van der Waals surface area (Å²) in [5, 5.41) is 19.6. The fourth-order valence-corrected chi connectivity index (χ4v) is 3.48. The molecule has 0 saturated carbocycles. The van der Waals surface area contributed by atoms with Gasteiger partial charge in [-0.25, -0.2) is 0 Å². The molecule has 0 saturated heterocycles. The molecule has 4 amide bonds. The first kappa shape index (κ1) is 33.1. The molecule has 0 aliphatic rings. The van der Waals surface area contributed by atoms with Crippen LogP contribution < -0.4 is 21.3 Å². The Kier molecular flexibility index (Phi) is 12.6. The summed E-state index contributed by atoms with van der Waals surface area (Å²) in [6, 6.07) is 1.84. The molecule has 0 aromatic heterocycles.